The van der Waals surface area contributed by atoms with Crippen LogP contribution in [0.3, 0.4) is 0 Å². The monoisotopic (exact) mass is 520 g/mol. The number of hydrogen-bond donors (Lipinski definition) is 1. The van der Waals surface area contributed by atoms with Gasteiger partial charge in [-0.1, -0.05) is 18.2 Å². The van der Waals surface area contributed by atoms with Crippen LogP contribution in [-0.2, 0) is 0 Å². The van der Waals surface area contributed by atoms with Crippen LogP contribution in [0.4, 0.5) is 23.2 Å². The van der Waals surface area contributed by atoms with Gasteiger partial charge in [-0.2, -0.15) is 8.78 Å². The Kier molecular flexibility index (Phi) is 6.31. The van der Waals surface area contributed by atoms with Crippen LogP contribution in [0.25, 0.3) is 28.0 Å². The van der Waals surface area contributed by atoms with Gasteiger partial charge in [0.15, 0.2) is 11.6 Å². The summed E-state index contributed by atoms with van der Waals surface area (Å²) in [4.78, 5) is 21.8. The molecule has 2 aromatic carbocycles. The molecule has 10 heteroatoms. The third kappa shape index (κ3) is 4.93. The van der Waals surface area contributed by atoms with Gasteiger partial charge < -0.3 is 10.1 Å². The van der Waals surface area contributed by atoms with Gasteiger partial charge in [0.2, 0.25) is 0 Å². The van der Waals surface area contributed by atoms with Crippen LogP contribution in [0, 0.1) is 18.6 Å². The van der Waals surface area contributed by atoms with Gasteiger partial charge in [0.25, 0.3) is 5.91 Å². The summed E-state index contributed by atoms with van der Waals surface area (Å²) in [6, 6.07) is 14.7. The first-order valence-corrected chi connectivity index (χ1v) is 11.5. The lowest BCUT2D eigenvalue weighted by atomic mass is 10.0. The van der Waals surface area contributed by atoms with E-state index < -0.39 is 23.7 Å². The first kappa shape index (κ1) is 24.9. The fraction of sp³-hybridized carbons (Fsp3) is 0.107. The molecule has 0 fully saturated rings. The highest BCUT2D eigenvalue weighted by molar-refractivity contribution is 6.06. The number of hydrogen-bond acceptors (Lipinski definition) is 4. The predicted octanol–water partition coefficient (Wildman–Crippen LogP) is 6.89. The van der Waals surface area contributed by atoms with E-state index in [-0.39, 0.29) is 28.4 Å². The van der Waals surface area contributed by atoms with Gasteiger partial charge in [-0.25, -0.2) is 13.8 Å². The fourth-order valence-electron chi connectivity index (χ4n) is 4.09. The molecule has 0 aliphatic heterocycles. The lowest BCUT2D eigenvalue weighted by Crippen LogP contribution is -2.19. The Morgan fingerprint density at radius 2 is 1.74 bits per heavy atom. The lowest BCUT2D eigenvalue weighted by molar-refractivity contribution is -0.158. The van der Waals surface area contributed by atoms with E-state index in [2.05, 4.69) is 20.0 Å². The molecular formula is C28H20F4N4O2. The number of amides is 1. The summed E-state index contributed by atoms with van der Waals surface area (Å²) in [6.45, 7) is 2.29. The number of fused-ring (bicyclic) bond motifs is 1. The first-order valence-electron chi connectivity index (χ1n) is 11.5. The van der Waals surface area contributed by atoms with Crippen LogP contribution in [0.5, 0.6) is 5.75 Å². The first-order chi connectivity index (χ1) is 18.1. The Morgan fingerprint density at radius 3 is 2.53 bits per heavy atom. The number of aryl methyl sites for hydroxylation is 1. The molecule has 0 spiro atoms. The minimum Gasteiger partial charge on any atom is -0.433 e. The zero-order valence-electron chi connectivity index (χ0n) is 20.2. The number of nitrogens with one attached hydrogen (secondary N) is 1. The molecular weight excluding hydrogens is 500 g/mol. The standard InChI is InChI=1S/C28H20F4N4O2/c1-16-22(27(37)35-18-6-3-7-19(13-18)38-28(2,31)32)12-17(14-33-16)20-9-5-11-36-24(20)15-34-26(36)21-8-4-10-23(29)25(21)30/h3-15H,1-2H3,(H,35,37). The van der Waals surface area contributed by atoms with Gasteiger partial charge in [0.05, 0.1) is 28.5 Å². The molecule has 38 heavy (non-hydrogen) atoms. The second-order valence-corrected chi connectivity index (χ2v) is 8.61. The van der Waals surface area contributed by atoms with Crippen LogP contribution in [0.2, 0.25) is 0 Å². The Labute approximate surface area is 214 Å². The van der Waals surface area contributed by atoms with E-state index in [1.165, 1.54) is 36.5 Å². The van der Waals surface area contributed by atoms with E-state index in [1.807, 2.05) is 0 Å². The molecule has 3 aromatic heterocycles. The van der Waals surface area contributed by atoms with E-state index in [0.717, 1.165) is 6.07 Å². The van der Waals surface area contributed by atoms with E-state index in [9.17, 15) is 22.4 Å². The van der Waals surface area contributed by atoms with Crippen molar-refractivity contribution in [3.8, 4) is 28.3 Å². The van der Waals surface area contributed by atoms with E-state index in [0.29, 0.717) is 29.3 Å². The van der Waals surface area contributed by atoms with Crippen molar-refractivity contribution >= 4 is 17.1 Å². The van der Waals surface area contributed by atoms with Crippen molar-refractivity contribution in [3.63, 3.8) is 0 Å². The molecule has 5 aromatic rings. The van der Waals surface area contributed by atoms with E-state index in [1.54, 1.807) is 48.0 Å². The van der Waals surface area contributed by atoms with Gasteiger partial charge >= 0.3 is 6.11 Å². The minimum absolute atomic E-state index is 0.0105. The number of aromatic nitrogens is 3. The molecule has 1 N–H and O–H groups in total. The average molecular weight is 520 g/mol. The average Bonchev–Trinajstić information content (AvgIpc) is 3.29. The van der Waals surface area contributed by atoms with E-state index in [4.69, 9.17) is 0 Å². The molecule has 0 atom stereocenters. The van der Waals surface area contributed by atoms with Crippen molar-refractivity contribution in [2.45, 2.75) is 20.0 Å². The SMILES string of the molecule is Cc1ncc(-c2cccn3c(-c4cccc(F)c4F)ncc23)cc1C(=O)Nc1cccc(OC(C)(F)F)c1. The second kappa shape index (κ2) is 9.62. The Bertz CT molecular complexity index is 1680. The maximum Gasteiger partial charge on any atom is 0.394 e. The van der Waals surface area contributed by atoms with Crippen molar-refractivity contribution in [2.75, 3.05) is 5.32 Å². The van der Waals surface area contributed by atoms with Gasteiger partial charge in [-0.05, 0) is 43.3 Å². The minimum atomic E-state index is -3.37. The summed E-state index contributed by atoms with van der Waals surface area (Å²) in [5.41, 5.74) is 2.81. The summed E-state index contributed by atoms with van der Waals surface area (Å²) in [7, 11) is 0. The predicted molar refractivity (Wildman–Crippen MR) is 134 cm³/mol. The van der Waals surface area contributed by atoms with Crippen LogP contribution in [-0.4, -0.2) is 26.4 Å². The zero-order chi connectivity index (χ0) is 27.0. The molecule has 0 bridgehead atoms. The van der Waals surface area contributed by atoms with Crippen molar-refractivity contribution in [1.29, 1.82) is 0 Å². The number of ether oxygens (including phenoxy) is 1. The van der Waals surface area contributed by atoms with Crippen molar-refractivity contribution in [2.24, 2.45) is 0 Å². The summed E-state index contributed by atoms with van der Waals surface area (Å²) in [5, 5.41) is 2.68. The number of halogens is 4. The summed E-state index contributed by atoms with van der Waals surface area (Å²) >= 11 is 0. The van der Waals surface area contributed by atoms with Gasteiger partial charge in [0, 0.05) is 42.2 Å². The molecule has 0 saturated carbocycles. The van der Waals surface area contributed by atoms with Gasteiger partial charge in [0.1, 0.15) is 11.6 Å². The third-order valence-corrected chi connectivity index (χ3v) is 5.79. The van der Waals surface area contributed by atoms with Crippen LogP contribution in [0.15, 0.2) is 79.3 Å². The van der Waals surface area contributed by atoms with Crippen molar-refractivity contribution in [3.05, 3.63) is 102 Å². The molecule has 0 unspecified atom stereocenters. The molecule has 192 valence electrons. The number of alkyl halides is 2. The molecule has 0 aliphatic carbocycles. The van der Waals surface area contributed by atoms with Crippen molar-refractivity contribution < 1.29 is 27.1 Å². The van der Waals surface area contributed by atoms with Crippen LogP contribution < -0.4 is 10.1 Å². The van der Waals surface area contributed by atoms with Crippen LogP contribution >= 0.6 is 0 Å². The third-order valence-electron chi connectivity index (χ3n) is 5.79. The van der Waals surface area contributed by atoms with Gasteiger partial charge in [-0.15, -0.1) is 0 Å². The Morgan fingerprint density at radius 1 is 0.974 bits per heavy atom. The maximum absolute atomic E-state index is 14.5. The number of carbonyl (C=O) groups excluding carboxylic acids is 1. The fourth-order valence-corrected chi connectivity index (χ4v) is 4.09. The second-order valence-electron chi connectivity index (χ2n) is 8.61. The normalized spacial score (nSPS) is 11.5. The number of nitrogens with zero attached hydrogens (tertiary/aromatic N) is 3. The summed E-state index contributed by atoms with van der Waals surface area (Å²) in [5.74, 6) is -2.36. The highest BCUT2D eigenvalue weighted by atomic mass is 19.3. The van der Waals surface area contributed by atoms with Gasteiger partial charge in [-0.3, -0.25) is 14.2 Å². The zero-order valence-corrected chi connectivity index (χ0v) is 20.2. The number of benzene rings is 2. The molecule has 1 amide bonds. The number of carbonyl (C=O) groups is 1. The number of rotatable bonds is 6. The quantitative estimate of drug-likeness (QED) is 0.248. The highest BCUT2D eigenvalue weighted by Gasteiger charge is 2.23. The molecule has 3 heterocycles. The molecule has 0 radical (unpaired) electrons. The maximum atomic E-state index is 14.5. The van der Waals surface area contributed by atoms with Crippen molar-refractivity contribution in [1.82, 2.24) is 14.4 Å². The molecule has 6 nitrogen and oxygen atoms in total. The molecule has 0 saturated heterocycles. The summed E-state index contributed by atoms with van der Waals surface area (Å²) in [6.07, 6.45) is 1.43. The van der Waals surface area contributed by atoms with Crippen LogP contribution in [0.1, 0.15) is 23.0 Å². The highest BCUT2D eigenvalue weighted by Crippen LogP contribution is 2.31. The smallest absolute Gasteiger partial charge is 0.394 e. The summed E-state index contributed by atoms with van der Waals surface area (Å²) < 4.78 is 60.9. The Balaban J connectivity index is 1.49. The molecule has 5 rings (SSSR count). The largest absolute Gasteiger partial charge is 0.433 e. The van der Waals surface area contributed by atoms with E-state index >= 15 is 0 Å². The lowest BCUT2D eigenvalue weighted by Gasteiger charge is -2.14. The topological polar surface area (TPSA) is 68.5 Å². The number of pyridine rings is 2. The number of imidazole rings is 1. The number of anilines is 1. The molecule has 0 aliphatic rings. The Hall–Kier alpha value is -4.73.